The van der Waals surface area contributed by atoms with Crippen LogP contribution in [0.25, 0.3) is 11.1 Å². The summed E-state index contributed by atoms with van der Waals surface area (Å²) in [7, 11) is 0. The summed E-state index contributed by atoms with van der Waals surface area (Å²) in [4.78, 5) is 0. The highest BCUT2D eigenvalue weighted by Gasteiger charge is 2.08. The van der Waals surface area contributed by atoms with Crippen LogP contribution in [0, 0.1) is 6.92 Å². The van der Waals surface area contributed by atoms with Crippen molar-refractivity contribution in [2.24, 2.45) is 0 Å². The Bertz CT molecular complexity index is 481. The van der Waals surface area contributed by atoms with E-state index in [1.54, 1.807) is 0 Å². The van der Waals surface area contributed by atoms with Gasteiger partial charge in [-0.2, -0.15) is 0 Å². The van der Waals surface area contributed by atoms with Gasteiger partial charge in [0.1, 0.15) is 0 Å². The van der Waals surface area contributed by atoms with Crippen LogP contribution in [0.15, 0.2) is 48.5 Å². The van der Waals surface area contributed by atoms with Crippen molar-refractivity contribution in [3.05, 3.63) is 59.7 Å². The van der Waals surface area contributed by atoms with E-state index in [9.17, 15) is 0 Å². The van der Waals surface area contributed by atoms with Gasteiger partial charge in [-0.15, -0.1) is 0 Å². The Labute approximate surface area is 97.9 Å². The molecule has 2 aromatic carbocycles. The number of aryl methyl sites for hydroxylation is 1. The van der Waals surface area contributed by atoms with E-state index in [4.69, 9.17) is 0 Å². The van der Waals surface area contributed by atoms with Crippen LogP contribution in [0.3, 0.4) is 0 Å². The Morgan fingerprint density at radius 2 is 1.31 bits per heavy atom. The summed E-state index contributed by atoms with van der Waals surface area (Å²) < 4.78 is 0. The van der Waals surface area contributed by atoms with Crippen molar-refractivity contribution < 1.29 is 0 Å². The van der Waals surface area contributed by atoms with E-state index < -0.39 is 0 Å². The van der Waals surface area contributed by atoms with Crippen molar-refractivity contribution in [1.82, 2.24) is 0 Å². The molecule has 0 N–H and O–H groups in total. The Hall–Kier alpha value is -1.56. The minimum Gasteiger partial charge on any atom is -0.0620 e. The fourth-order valence-corrected chi connectivity index (χ4v) is 2.12. The molecule has 16 heavy (non-hydrogen) atoms. The largest absolute Gasteiger partial charge is 0.0620 e. The highest BCUT2D eigenvalue weighted by Crippen LogP contribution is 2.30. The maximum atomic E-state index is 2.25. The smallest absolute Gasteiger partial charge is 0.0147 e. The molecule has 0 aromatic heterocycles. The Morgan fingerprint density at radius 3 is 1.94 bits per heavy atom. The van der Waals surface area contributed by atoms with Crippen LogP contribution < -0.4 is 0 Å². The average molecular weight is 210 g/mol. The summed E-state index contributed by atoms with van der Waals surface area (Å²) >= 11 is 0. The van der Waals surface area contributed by atoms with Crippen molar-refractivity contribution in [3.8, 4) is 11.1 Å². The molecule has 2 aromatic rings. The van der Waals surface area contributed by atoms with Crippen molar-refractivity contribution in [1.29, 1.82) is 0 Å². The number of rotatable bonds is 2. The Balaban J connectivity index is 2.60. The summed E-state index contributed by atoms with van der Waals surface area (Å²) in [6.07, 6.45) is 0. The third-order valence-corrected chi connectivity index (χ3v) is 3.02. The lowest BCUT2D eigenvalue weighted by Gasteiger charge is -2.14. The van der Waals surface area contributed by atoms with E-state index >= 15 is 0 Å². The lowest BCUT2D eigenvalue weighted by Crippen LogP contribution is -1.93. The van der Waals surface area contributed by atoms with Crippen LogP contribution in [-0.2, 0) is 0 Å². The van der Waals surface area contributed by atoms with E-state index in [2.05, 4.69) is 69.3 Å². The summed E-state index contributed by atoms with van der Waals surface area (Å²) in [5.41, 5.74) is 5.50. The first-order valence-electron chi connectivity index (χ1n) is 5.85. The van der Waals surface area contributed by atoms with Gasteiger partial charge in [0.05, 0.1) is 0 Å². The molecule has 0 atom stereocenters. The molecule has 2 rings (SSSR count). The third kappa shape index (κ3) is 2.01. The lowest BCUT2D eigenvalue weighted by molar-refractivity contribution is 0.869. The number of benzene rings is 2. The first-order valence-corrected chi connectivity index (χ1v) is 5.85. The molecule has 0 bridgehead atoms. The van der Waals surface area contributed by atoms with Gasteiger partial charge in [-0.05, 0) is 35.1 Å². The van der Waals surface area contributed by atoms with Gasteiger partial charge >= 0.3 is 0 Å². The van der Waals surface area contributed by atoms with Crippen molar-refractivity contribution in [3.63, 3.8) is 0 Å². The van der Waals surface area contributed by atoms with Gasteiger partial charge in [-0.1, -0.05) is 62.4 Å². The monoisotopic (exact) mass is 210 g/mol. The summed E-state index contributed by atoms with van der Waals surface area (Å²) in [6.45, 7) is 6.67. The zero-order chi connectivity index (χ0) is 11.5. The van der Waals surface area contributed by atoms with Gasteiger partial charge in [-0.3, -0.25) is 0 Å². The van der Waals surface area contributed by atoms with Crippen LogP contribution >= 0.6 is 0 Å². The second-order valence-electron chi connectivity index (χ2n) is 4.56. The second kappa shape index (κ2) is 4.52. The zero-order valence-electron chi connectivity index (χ0n) is 10.2. The average Bonchev–Trinajstić information content (AvgIpc) is 2.29. The normalized spacial score (nSPS) is 10.8. The fourth-order valence-electron chi connectivity index (χ4n) is 2.12. The maximum Gasteiger partial charge on any atom is -0.0147 e. The molecule has 0 spiro atoms. The summed E-state index contributed by atoms with van der Waals surface area (Å²) in [6, 6.07) is 17.3. The third-order valence-electron chi connectivity index (χ3n) is 3.02. The molecular formula is C16H18. The van der Waals surface area contributed by atoms with E-state index in [0.29, 0.717) is 5.92 Å². The SMILES string of the molecule is Cc1ccccc1-c1ccccc1C(C)C. The molecule has 82 valence electrons. The quantitative estimate of drug-likeness (QED) is 0.668. The first kappa shape index (κ1) is 10.9. The topological polar surface area (TPSA) is 0 Å². The highest BCUT2D eigenvalue weighted by atomic mass is 14.1. The Kier molecular flexibility index (Phi) is 3.09. The first-order chi connectivity index (χ1) is 7.70. The Morgan fingerprint density at radius 1 is 0.750 bits per heavy atom. The van der Waals surface area contributed by atoms with E-state index in [1.165, 1.54) is 22.3 Å². The van der Waals surface area contributed by atoms with Gasteiger partial charge in [0.15, 0.2) is 0 Å². The van der Waals surface area contributed by atoms with Crippen molar-refractivity contribution >= 4 is 0 Å². The predicted octanol–water partition coefficient (Wildman–Crippen LogP) is 4.79. The molecule has 0 nitrogen and oxygen atoms in total. The number of hydrogen-bond acceptors (Lipinski definition) is 0. The van der Waals surface area contributed by atoms with Gasteiger partial charge in [0, 0.05) is 0 Å². The van der Waals surface area contributed by atoms with Gasteiger partial charge < -0.3 is 0 Å². The molecule has 0 radical (unpaired) electrons. The molecule has 0 aliphatic carbocycles. The summed E-state index contributed by atoms with van der Waals surface area (Å²) in [5, 5.41) is 0. The van der Waals surface area contributed by atoms with Crippen molar-refractivity contribution in [2.75, 3.05) is 0 Å². The molecule has 0 aliphatic heterocycles. The maximum absolute atomic E-state index is 2.25. The predicted molar refractivity (Wildman–Crippen MR) is 70.7 cm³/mol. The minimum atomic E-state index is 0.566. The molecular weight excluding hydrogens is 192 g/mol. The molecule has 0 heteroatoms. The summed E-state index contributed by atoms with van der Waals surface area (Å²) in [5.74, 6) is 0.566. The van der Waals surface area contributed by atoms with Crippen LogP contribution in [0.4, 0.5) is 0 Å². The molecule has 0 heterocycles. The van der Waals surface area contributed by atoms with Gasteiger partial charge in [0.25, 0.3) is 0 Å². The fraction of sp³-hybridized carbons (Fsp3) is 0.250. The molecule has 0 saturated carbocycles. The zero-order valence-corrected chi connectivity index (χ0v) is 10.2. The van der Waals surface area contributed by atoms with E-state index in [0.717, 1.165) is 0 Å². The molecule has 0 fully saturated rings. The minimum absolute atomic E-state index is 0.566. The van der Waals surface area contributed by atoms with Crippen LogP contribution in [0.2, 0.25) is 0 Å². The number of hydrogen-bond donors (Lipinski definition) is 0. The van der Waals surface area contributed by atoms with Crippen LogP contribution in [0.5, 0.6) is 0 Å². The van der Waals surface area contributed by atoms with Gasteiger partial charge in [-0.25, -0.2) is 0 Å². The standard InChI is InChI=1S/C16H18/c1-12(2)14-9-6-7-11-16(14)15-10-5-4-8-13(15)3/h4-12H,1-3H3. The van der Waals surface area contributed by atoms with Crippen LogP contribution in [0.1, 0.15) is 30.9 Å². The van der Waals surface area contributed by atoms with Gasteiger partial charge in [0.2, 0.25) is 0 Å². The molecule has 0 aliphatic rings. The molecule has 0 unspecified atom stereocenters. The second-order valence-corrected chi connectivity index (χ2v) is 4.56. The van der Waals surface area contributed by atoms with E-state index in [-0.39, 0.29) is 0 Å². The lowest BCUT2D eigenvalue weighted by atomic mass is 9.91. The molecule has 0 amide bonds. The van der Waals surface area contributed by atoms with Crippen molar-refractivity contribution in [2.45, 2.75) is 26.7 Å². The van der Waals surface area contributed by atoms with E-state index in [1.807, 2.05) is 0 Å². The molecule has 0 saturated heterocycles. The highest BCUT2D eigenvalue weighted by molar-refractivity contribution is 5.70. The van der Waals surface area contributed by atoms with Crippen LogP contribution in [-0.4, -0.2) is 0 Å².